The molecule has 0 bridgehead atoms. The molecule has 1 fully saturated rings. The van der Waals surface area contributed by atoms with Crippen LogP contribution in [0.15, 0.2) is 0 Å². The summed E-state index contributed by atoms with van der Waals surface area (Å²) in [6.07, 6.45) is 2.46. The molecular formula is C10H20N6S. The number of nitrogen functional groups attached to an aromatic ring is 1. The Labute approximate surface area is 106 Å². The van der Waals surface area contributed by atoms with Crippen molar-refractivity contribution in [2.24, 2.45) is 5.84 Å². The van der Waals surface area contributed by atoms with Crippen LogP contribution in [0.1, 0.15) is 17.8 Å². The summed E-state index contributed by atoms with van der Waals surface area (Å²) in [7, 11) is 4.31. The van der Waals surface area contributed by atoms with Crippen LogP contribution < -0.4 is 11.3 Å². The highest BCUT2D eigenvalue weighted by molar-refractivity contribution is 7.15. The number of hydrogen-bond donors (Lipinski definition) is 2. The Morgan fingerprint density at radius 3 is 2.65 bits per heavy atom. The van der Waals surface area contributed by atoms with E-state index in [1.807, 2.05) is 0 Å². The lowest BCUT2D eigenvalue weighted by Crippen LogP contribution is -2.41. The maximum Gasteiger partial charge on any atom is 0.219 e. The second kappa shape index (κ2) is 5.72. The zero-order valence-corrected chi connectivity index (χ0v) is 11.2. The summed E-state index contributed by atoms with van der Waals surface area (Å²) in [5.74, 6) is 5.29. The highest BCUT2D eigenvalue weighted by atomic mass is 32.1. The van der Waals surface area contributed by atoms with Gasteiger partial charge in [-0.3, -0.25) is 10.3 Å². The number of likely N-dealkylation sites (tertiary alicyclic amines) is 1. The van der Waals surface area contributed by atoms with Crippen LogP contribution in [0.4, 0.5) is 5.13 Å². The van der Waals surface area contributed by atoms with Gasteiger partial charge < -0.3 is 4.90 Å². The van der Waals surface area contributed by atoms with Gasteiger partial charge in [0.05, 0.1) is 6.54 Å². The maximum absolute atomic E-state index is 5.29. The molecule has 1 saturated heterocycles. The normalized spacial score (nSPS) is 18.8. The van der Waals surface area contributed by atoms with E-state index in [-0.39, 0.29) is 0 Å². The van der Waals surface area contributed by atoms with Gasteiger partial charge in [-0.15, -0.1) is 10.2 Å². The first-order valence-corrected chi connectivity index (χ1v) is 6.68. The van der Waals surface area contributed by atoms with E-state index >= 15 is 0 Å². The van der Waals surface area contributed by atoms with Crippen molar-refractivity contribution in [1.82, 2.24) is 20.0 Å². The third kappa shape index (κ3) is 3.35. The molecule has 0 radical (unpaired) electrons. The first-order valence-electron chi connectivity index (χ1n) is 5.87. The van der Waals surface area contributed by atoms with Gasteiger partial charge in [-0.25, -0.2) is 5.84 Å². The van der Waals surface area contributed by atoms with Gasteiger partial charge in [-0.2, -0.15) is 0 Å². The fourth-order valence-corrected chi connectivity index (χ4v) is 2.85. The first-order chi connectivity index (χ1) is 8.19. The molecule has 3 N–H and O–H groups in total. The van der Waals surface area contributed by atoms with Crippen molar-refractivity contribution in [2.45, 2.75) is 25.4 Å². The summed E-state index contributed by atoms with van der Waals surface area (Å²) in [6, 6.07) is 0.724. The fraction of sp³-hybridized carbons (Fsp3) is 0.800. The molecule has 0 unspecified atom stereocenters. The van der Waals surface area contributed by atoms with Gasteiger partial charge in [0, 0.05) is 19.1 Å². The predicted molar refractivity (Wildman–Crippen MR) is 69.7 cm³/mol. The summed E-state index contributed by atoms with van der Waals surface area (Å²) in [6.45, 7) is 3.15. The standard InChI is InChI=1S/C10H20N6S/c1-15(2)8-3-5-16(6-4-8)7-9-13-14-10(12-11)17-9/h8H,3-7,11H2,1-2H3,(H,12,14). The second-order valence-corrected chi connectivity index (χ2v) is 5.68. The summed E-state index contributed by atoms with van der Waals surface area (Å²) < 4.78 is 0. The molecular weight excluding hydrogens is 236 g/mol. The van der Waals surface area contributed by atoms with E-state index in [0.717, 1.165) is 30.7 Å². The zero-order chi connectivity index (χ0) is 12.3. The summed E-state index contributed by atoms with van der Waals surface area (Å²) in [5.41, 5.74) is 2.53. The fourth-order valence-electron chi connectivity index (χ4n) is 2.16. The number of rotatable bonds is 4. The van der Waals surface area contributed by atoms with Crippen LogP contribution in [0.2, 0.25) is 0 Å². The van der Waals surface area contributed by atoms with Gasteiger partial charge in [0.15, 0.2) is 0 Å². The molecule has 0 atom stereocenters. The predicted octanol–water partition coefficient (Wildman–Crippen LogP) is 0.350. The molecule has 96 valence electrons. The van der Waals surface area contributed by atoms with Gasteiger partial charge in [-0.05, 0) is 26.9 Å². The number of aromatic nitrogens is 2. The lowest BCUT2D eigenvalue weighted by atomic mass is 10.0. The first kappa shape index (κ1) is 12.7. The van der Waals surface area contributed by atoms with Crippen molar-refractivity contribution in [2.75, 3.05) is 32.6 Å². The molecule has 0 aliphatic carbocycles. The Kier molecular flexibility index (Phi) is 4.27. The Morgan fingerprint density at radius 1 is 1.41 bits per heavy atom. The number of nitrogens with zero attached hydrogens (tertiary/aromatic N) is 4. The molecule has 1 aromatic rings. The number of hydrazine groups is 1. The summed E-state index contributed by atoms with van der Waals surface area (Å²) >= 11 is 1.52. The second-order valence-electron chi connectivity index (χ2n) is 4.62. The van der Waals surface area contributed by atoms with Crippen molar-refractivity contribution < 1.29 is 0 Å². The van der Waals surface area contributed by atoms with Gasteiger partial charge >= 0.3 is 0 Å². The Bertz CT molecular complexity index is 344. The van der Waals surface area contributed by atoms with Gasteiger partial charge in [0.2, 0.25) is 5.13 Å². The Balaban J connectivity index is 1.81. The molecule has 1 aromatic heterocycles. The van der Waals surface area contributed by atoms with Crippen molar-refractivity contribution in [3.63, 3.8) is 0 Å². The quantitative estimate of drug-likeness (QED) is 0.598. The Hall–Kier alpha value is -0.760. The monoisotopic (exact) mass is 256 g/mol. The minimum Gasteiger partial charge on any atom is -0.306 e. The number of piperidine rings is 1. The molecule has 7 heteroatoms. The SMILES string of the molecule is CN(C)C1CCN(Cc2nnc(NN)s2)CC1. The summed E-state index contributed by atoms with van der Waals surface area (Å²) in [5, 5.41) is 9.76. The highest BCUT2D eigenvalue weighted by Gasteiger charge is 2.21. The maximum atomic E-state index is 5.29. The van der Waals surface area contributed by atoms with E-state index in [9.17, 15) is 0 Å². The lowest BCUT2D eigenvalue weighted by Gasteiger charge is -2.34. The average Bonchev–Trinajstić information content (AvgIpc) is 2.77. The largest absolute Gasteiger partial charge is 0.306 e. The molecule has 6 nitrogen and oxygen atoms in total. The van der Waals surface area contributed by atoms with E-state index < -0.39 is 0 Å². The van der Waals surface area contributed by atoms with Crippen LogP contribution in [0.3, 0.4) is 0 Å². The van der Waals surface area contributed by atoms with E-state index in [4.69, 9.17) is 5.84 Å². The van der Waals surface area contributed by atoms with Crippen molar-refractivity contribution in [3.8, 4) is 0 Å². The van der Waals surface area contributed by atoms with Crippen molar-refractivity contribution >= 4 is 16.5 Å². The average molecular weight is 256 g/mol. The minimum atomic E-state index is 0.683. The number of hydrogen-bond acceptors (Lipinski definition) is 7. The number of nitrogens with two attached hydrogens (primary N) is 1. The molecule has 0 amide bonds. The van der Waals surface area contributed by atoms with Crippen LogP contribution in [0.5, 0.6) is 0 Å². The number of anilines is 1. The molecule has 17 heavy (non-hydrogen) atoms. The van der Waals surface area contributed by atoms with Gasteiger partial charge in [-0.1, -0.05) is 11.3 Å². The third-order valence-electron chi connectivity index (χ3n) is 3.24. The molecule has 1 aliphatic heterocycles. The van der Waals surface area contributed by atoms with Crippen LogP contribution >= 0.6 is 11.3 Å². The summed E-state index contributed by atoms with van der Waals surface area (Å²) in [4.78, 5) is 4.75. The van der Waals surface area contributed by atoms with Crippen molar-refractivity contribution in [1.29, 1.82) is 0 Å². The Morgan fingerprint density at radius 2 is 2.12 bits per heavy atom. The van der Waals surface area contributed by atoms with E-state index in [2.05, 4.69) is 39.5 Å². The van der Waals surface area contributed by atoms with E-state index in [1.165, 1.54) is 24.2 Å². The zero-order valence-electron chi connectivity index (χ0n) is 10.4. The number of nitrogens with one attached hydrogen (secondary N) is 1. The molecule has 2 heterocycles. The third-order valence-corrected chi connectivity index (χ3v) is 4.08. The minimum absolute atomic E-state index is 0.683. The van der Waals surface area contributed by atoms with Gasteiger partial charge in [0.25, 0.3) is 0 Å². The topological polar surface area (TPSA) is 70.3 Å². The van der Waals surface area contributed by atoms with E-state index in [0.29, 0.717) is 5.13 Å². The van der Waals surface area contributed by atoms with Crippen molar-refractivity contribution in [3.05, 3.63) is 5.01 Å². The smallest absolute Gasteiger partial charge is 0.219 e. The van der Waals surface area contributed by atoms with Crippen LogP contribution in [0.25, 0.3) is 0 Å². The molecule has 0 spiro atoms. The molecule has 0 aromatic carbocycles. The van der Waals surface area contributed by atoms with Crippen LogP contribution in [-0.2, 0) is 6.54 Å². The van der Waals surface area contributed by atoms with Gasteiger partial charge in [0.1, 0.15) is 5.01 Å². The lowest BCUT2D eigenvalue weighted by molar-refractivity contribution is 0.139. The van der Waals surface area contributed by atoms with E-state index in [1.54, 1.807) is 0 Å². The van der Waals surface area contributed by atoms with Crippen LogP contribution in [-0.4, -0.2) is 53.2 Å². The molecule has 0 saturated carbocycles. The molecule has 2 rings (SSSR count). The highest BCUT2D eigenvalue weighted by Crippen LogP contribution is 2.19. The van der Waals surface area contributed by atoms with Crippen LogP contribution in [0, 0.1) is 0 Å². The molecule has 1 aliphatic rings.